The van der Waals surface area contributed by atoms with Gasteiger partial charge in [-0.25, -0.2) is 4.39 Å². The quantitative estimate of drug-likeness (QED) is 0.214. The minimum Gasteiger partial charge on any atom is -0.352 e. The van der Waals surface area contributed by atoms with Gasteiger partial charge in [-0.05, 0) is 79.5 Å². The molecule has 0 unspecified atom stereocenters. The number of benzene rings is 3. The van der Waals surface area contributed by atoms with Crippen molar-refractivity contribution in [2.45, 2.75) is 32.4 Å². The van der Waals surface area contributed by atoms with Gasteiger partial charge < -0.3 is 20.1 Å². The minimum atomic E-state index is -0.287. The number of carbonyl (C=O) groups excluding carboxylic acids is 1. The molecule has 1 fully saturated rings. The molecule has 41 heavy (non-hydrogen) atoms. The van der Waals surface area contributed by atoms with E-state index < -0.39 is 0 Å². The third kappa shape index (κ3) is 5.18. The van der Waals surface area contributed by atoms with Crippen LogP contribution in [0.4, 0.5) is 10.1 Å². The topological polar surface area (TPSA) is 62.2 Å². The van der Waals surface area contributed by atoms with Crippen LogP contribution in [0.15, 0.2) is 97.2 Å². The van der Waals surface area contributed by atoms with Gasteiger partial charge >= 0.3 is 0 Å². The highest BCUT2D eigenvalue weighted by atomic mass is 32.1. The number of hydrogen-bond acceptors (Lipinski definition) is 3. The second-order valence-electron chi connectivity index (χ2n) is 10.3. The van der Waals surface area contributed by atoms with Crippen LogP contribution in [0.3, 0.4) is 0 Å². The third-order valence-electron chi connectivity index (χ3n) is 7.70. The summed E-state index contributed by atoms with van der Waals surface area (Å²) < 4.78 is 16.2. The van der Waals surface area contributed by atoms with Gasteiger partial charge in [0, 0.05) is 47.3 Å². The van der Waals surface area contributed by atoms with Gasteiger partial charge in [0.2, 0.25) is 5.91 Å². The van der Waals surface area contributed by atoms with Gasteiger partial charge in [-0.2, -0.15) is 0 Å². The maximum atomic E-state index is 14.1. The molecule has 6 nitrogen and oxygen atoms in total. The Bertz CT molecular complexity index is 1750. The van der Waals surface area contributed by atoms with Crippen molar-refractivity contribution >= 4 is 39.7 Å². The Morgan fingerprint density at radius 3 is 2.59 bits per heavy atom. The molecule has 0 bridgehead atoms. The number of halogens is 1. The summed E-state index contributed by atoms with van der Waals surface area (Å²) in [5.41, 5.74) is 5.42. The highest BCUT2D eigenvalue weighted by Gasteiger charge is 2.41. The molecular formula is C33H30FN5OS. The zero-order valence-electron chi connectivity index (χ0n) is 22.8. The monoisotopic (exact) mass is 563 g/mol. The number of carbonyl (C=O) groups is 1. The van der Waals surface area contributed by atoms with Crippen LogP contribution in [0.25, 0.3) is 16.5 Å². The van der Waals surface area contributed by atoms with Gasteiger partial charge in [0.05, 0.1) is 17.8 Å². The van der Waals surface area contributed by atoms with Crippen molar-refractivity contribution in [3.63, 3.8) is 0 Å². The summed E-state index contributed by atoms with van der Waals surface area (Å²) in [6, 6.07) is 28.0. The Morgan fingerprint density at radius 1 is 1.00 bits per heavy atom. The van der Waals surface area contributed by atoms with Gasteiger partial charge in [0.1, 0.15) is 5.82 Å². The molecule has 2 aromatic heterocycles. The van der Waals surface area contributed by atoms with E-state index >= 15 is 0 Å². The van der Waals surface area contributed by atoms with Gasteiger partial charge in [0.25, 0.3) is 0 Å². The Kier molecular flexibility index (Phi) is 7.24. The Morgan fingerprint density at radius 2 is 1.78 bits per heavy atom. The highest BCUT2D eigenvalue weighted by Crippen LogP contribution is 2.41. The first kappa shape index (κ1) is 26.7. The van der Waals surface area contributed by atoms with E-state index in [1.165, 1.54) is 12.1 Å². The number of aryl methyl sites for hydroxylation is 1. The van der Waals surface area contributed by atoms with Gasteiger partial charge in [-0.1, -0.05) is 48.5 Å². The standard InChI is InChI=1S/C33H30FN5OS/c1-21-19-27(22(2)39(21)25-12-8-11-24(34)20-25)32-31(29-14-5-6-17-35-29)37-33(41)38(32)18-16-30(40)36-28-15-7-10-23-9-3-4-13-26(23)28/h3-15,17,19-20,31-32H,16,18H2,1-2H3,(H,36,40)(H,37,41)/t31-,32+/m1/s1. The van der Waals surface area contributed by atoms with E-state index in [2.05, 4.69) is 31.2 Å². The number of nitrogens with zero attached hydrogens (tertiary/aromatic N) is 3. The fourth-order valence-corrected chi connectivity index (χ4v) is 6.19. The molecule has 5 aromatic rings. The van der Waals surface area contributed by atoms with E-state index in [4.69, 9.17) is 12.2 Å². The first-order valence-corrected chi connectivity index (χ1v) is 14.0. The predicted molar refractivity (Wildman–Crippen MR) is 165 cm³/mol. The smallest absolute Gasteiger partial charge is 0.226 e. The summed E-state index contributed by atoms with van der Waals surface area (Å²) in [6.07, 6.45) is 2.02. The number of pyridine rings is 1. The molecule has 0 spiro atoms. The third-order valence-corrected chi connectivity index (χ3v) is 8.05. The normalized spacial score (nSPS) is 16.7. The predicted octanol–water partition coefficient (Wildman–Crippen LogP) is 6.78. The van der Waals surface area contributed by atoms with Gasteiger partial charge in [-0.15, -0.1) is 0 Å². The van der Waals surface area contributed by atoms with Crippen LogP contribution >= 0.6 is 12.2 Å². The highest BCUT2D eigenvalue weighted by molar-refractivity contribution is 7.80. The molecule has 3 aromatic carbocycles. The number of rotatable bonds is 7. The molecular weight excluding hydrogens is 533 g/mol. The number of anilines is 1. The van der Waals surface area contributed by atoms with Gasteiger partial charge in [-0.3, -0.25) is 9.78 Å². The lowest BCUT2D eigenvalue weighted by atomic mass is 9.96. The van der Waals surface area contributed by atoms with Crippen LogP contribution in [-0.2, 0) is 4.79 Å². The van der Waals surface area contributed by atoms with E-state index in [9.17, 15) is 9.18 Å². The summed E-state index contributed by atoms with van der Waals surface area (Å²) in [6.45, 7) is 4.47. The van der Waals surface area contributed by atoms with Crippen LogP contribution in [-0.4, -0.2) is 32.0 Å². The maximum Gasteiger partial charge on any atom is 0.226 e. The molecule has 0 aliphatic carbocycles. The van der Waals surface area contributed by atoms with E-state index in [-0.39, 0.29) is 30.2 Å². The van der Waals surface area contributed by atoms with Crippen LogP contribution in [0, 0.1) is 19.7 Å². The molecule has 0 saturated carbocycles. The number of nitrogens with one attached hydrogen (secondary N) is 2. The van der Waals surface area contributed by atoms with Crippen molar-refractivity contribution in [1.82, 2.24) is 19.8 Å². The molecule has 2 N–H and O–H groups in total. The van der Waals surface area contributed by atoms with Crippen molar-refractivity contribution in [2.75, 3.05) is 11.9 Å². The second kappa shape index (κ2) is 11.1. The fourth-order valence-electron chi connectivity index (χ4n) is 5.85. The van der Waals surface area contributed by atoms with Crippen LogP contribution in [0.1, 0.15) is 41.1 Å². The number of hydrogen-bond donors (Lipinski definition) is 2. The second-order valence-corrected chi connectivity index (χ2v) is 10.7. The zero-order valence-corrected chi connectivity index (χ0v) is 23.7. The average molecular weight is 564 g/mol. The van der Waals surface area contributed by atoms with E-state index in [1.807, 2.05) is 80.6 Å². The number of thiocarbonyl (C=S) groups is 1. The van der Waals surface area contributed by atoms with Crippen molar-refractivity contribution < 1.29 is 9.18 Å². The van der Waals surface area contributed by atoms with Crippen molar-refractivity contribution in [2.24, 2.45) is 0 Å². The summed E-state index contributed by atoms with van der Waals surface area (Å²) in [5, 5.41) is 9.20. The molecule has 1 saturated heterocycles. The molecule has 206 valence electrons. The first-order valence-electron chi connectivity index (χ1n) is 13.6. The first-order chi connectivity index (χ1) is 19.9. The molecule has 8 heteroatoms. The molecule has 1 aliphatic rings. The van der Waals surface area contributed by atoms with E-state index in [0.29, 0.717) is 11.7 Å². The summed E-state index contributed by atoms with van der Waals surface area (Å²) in [4.78, 5) is 19.9. The number of amides is 1. The molecule has 6 rings (SSSR count). The Labute approximate surface area is 243 Å². The maximum absolute atomic E-state index is 14.1. The Balaban J connectivity index is 1.31. The van der Waals surface area contributed by atoms with Crippen LogP contribution in [0.5, 0.6) is 0 Å². The van der Waals surface area contributed by atoms with Crippen LogP contribution < -0.4 is 10.6 Å². The lowest BCUT2D eigenvalue weighted by Crippen LogP contribution is -2.33. The average Bonchev–Trinajstić information content (AvgIpc) is 3.46. The molecule has 2 atom stereocenters. The molecule has 1 aliphatic heterocycles. The number of aromatic nitrogens is 2. The fraction of sp³-hybridized carbons (Fsp3) is 0.182. The van der Waals surface area contributed by atoms with Gasteiger partial charge in [0.15, 0.2) is 5.11 Å². The summed E-state index contributed by atoms with van der Waals surface area (Å²) in [7, 11) is 0. The molecule has 3 heterocycles. The van der Waals surface area contributed by atoms with E-state index in [1.54, 1.807) is 12.3 Å². The SMILES string of the molecule is Cc1cc([C@H]2[C@@H](c3ccccn3)NC(=S)N2CCC(=O)Nc2cccc3ccccc23)c(C)n1-c1cccc(F)c1. The Hall–Kier alpha value is -4.56. The minimum absolute atomic E-state index is 0.0885. The zero-order chi connectivity index (χ0) is 28.5. The lowest BCUT2D eigenvalue weighted by molar-refractivity contribution is -0.116. The van der Waals surface area contributed by atoms with Crippen LogP contribution in [0.2, 0.25) is 0 Å². The summed E-state index contributed by atoms with van der Waals surface area (Å²) in [5.74, 6) is -0.375. The number of fused-ring (bicyclic) bond motifs is 1. The van der Waals surface area contributed by atoms with E-state index in [0.717, 1.165) is 44.8 Å². The molecule has 0 radical (unpaired) electrons. The van der Waals surface area contributed by atoms with Crippen molar-refractivity contribution in [3.8, 4) is 5.69 Å². The van der Waals surface area contributed by atoms with Crippen molar-refractivity contribution in [3.05, 3.63) is 126 Å². The summed E-state index contributed by atoms with van der Waals surface area (Å²) >= 11 is 5.83. The largest absolute Gasteiger partial charge is 0.352 e. The van der Waals surface area contributed by atoms with Crippen molar-refractivity contribution in [1.29, 1.82) is 0 Å². The molecule has 1 amide bonds. The lowest BCUT2D eigenvalue weighted by Gasteiger charge is -2.28.